The van der Waals surface area contributed by atoms with Gasteiger partial charge in [0.05, 0.1) is 0 Å². The van der Waals surface area contributed by atoms with Crippen molar-refractivity contribution in [3.8, 4) is 0 Å². The van der Waals surface area contributed by atoms with Crippen LogP contribution in [0.5, 0.6) is 0 Å². The highest BCUT2D eigenvalue weighted by atomic mass is 14.9. The number of benzene rings is 1. The summed E-state index contributed by atoms with van der Waals surface area (Å²) in [5, 5.41) is 3.82. The number of rotatable bonds is 8. The Morgan fingerprint density at radius 2 is 1.84 bits per heavy atom. The molecule has 2 unspecified atom stereocenters. The molecule has 106 valence electrons. The van der Waals surface area contributed by atoms with Crippen molar-refractivity contribution in [2.24, 2.45) is 11.8 Å². The summed E-state index contributed by atoms with van der Waals surface area (Å²) in [4.78, 5) is 0. The average Bonchev–Trinajstić information content (AvgIpc) is 3.22. The maximum atomic E-state index is 3.82. The molecule has 2 atom stereocenters. The van der Waals surface area contributed by atoms with Gasteiger partial charge < -0.3 is 5.32 Å². The van der Waals surface area contributed by atoms with E-state index in [0.717, 1.165) is 18.5 Å². The summed E-state index contributed by atoms with van der Waals surface area (Å²) in [6.45, 7) is 8.10. The Morgan fingerprint density at radius 3 is 2.37 bits per heavy atom. The van der Waals surface area contributed by atoms with Crippen LogP contribution in [0.25, 0.3) is 0 Å². The van der Waals surface area contributed by atoms with Crippen LogP contribution in [-0.2, 0) is 0 Å². The molecular weight excluding hydrogens is 230 g/mol. The highest BCUT2D eigenvalue weighted by Crippen LogP contribution is 2.34. The van der Waals surface area contributed by atoms with Gasteiger partial charge in [0.1, 0.15) is 0 Å². The van der Waals surface area contributed by atoms with E-state index in [4.69, 9.17) is 0 Å². The molecule has 1 N–H and O–H groups in total. The lowest BCUT2D eigenvalue weighted by Gasteiger charge is -2.25. The molecule has 1 fully saturated rings. The minimum absolute atomic E-state index is 0.634. The fourth-order valence-electron chi connectivity index (χ4n) is 2.88. The van der Waals surface area contributed by atoms with Crippen molar-refractivity contribution in [2.45, 2.75) is 58.4 Å². The van der Waals surface area contributed by atoms with Crippen LogP contribution in [-0.4, -0.2) is 12.6 Å². The molecule has 0 spiro atoms. The summed E-state index contributed by atoms with van der Waals surface area (Å²) < 4.78 is 0. The second-order valence-electron chi connectivity index (χ2n) is 6.45. The van der Waals surface area contributed by atoms with E-state index in [1.54, 1.807) is 0 Å². The number of hydrogen-bond donors (Lipinski definition) is 1. The van der Waals surface area contributed by atoms with Crippen molar-refractivity contribution in [2.75, 3.05) is 6.54 Å². The molecule has 1 saturated carbocycles. The molecule has 0 amide bonds. The zero-order valence-corrected chi connectivity index (χ0v) is 12.7. The van der Waals surface area contributed by atoms with Gasteiger partial charge in [0.15, 0.2) is 0 Å². The Balaban J connectivity index is 1.89. The van der Waals surface area contributed by atoms with E-state index in [9.17, 15) is 0 Å². The standard InChI is InChI=1S/C18H29N/c1-4-17(12-15-10-11-15)19-13-18(14(2)3)16-8-6-5-7-9-16/h5-9,14-15,17-19H,4,10-13H2,1-3H3. The SMILES string of the molecule is CCC(CC1CC1)NCC(c1ccccc1)C(C)C. The van der Waals surface area contributed by atoms with Gasteiger partial charge in [-0.25, -0.2) is 0 Å². The monoisotopic (exact) mass is 259 g/mol. The lowest BCUT2D eigenvalue weighted by Crippen LogP contribution is -2.34. The fourth-order valence-corrected chi connectivity index (χ4v) is 2.88. The Morgan fingerprint density at radius 1 is 1.16 bits per heavy atom. The topological polar surface area (TPSA) is 12.0 Å². The summed E-state index contributed by atoms with van der Waals surface area (Å²) in [6.07, 6.45) is 5.57. The molecule has 1 heteroatoms. The van der Waals surface area contributed by atoms with E-state index in [0.29, 0.717) is 11.8 Å². The minimum Gasteiger partial charge on any atom is -0.313 e. The normalized spacial score (nSPS) is 18.5. The molecular formula is C18H29N. The van der Waals surface area contributed by atoms with E-state index in [-0.39, 0.29) is 0 Å². The summed E-state index contributed by atoms with van der Waals surface area (Å²) in [5.74, 6) is 2.34. The van der Waals surface area contributed by atoms with Gasteiger partial charge >= 0.3 is 0 Å². The third-order valence-corrected chi connectivity index (χ3v) is 4.47. The van der Waals surface area contributed by atoms with Crippen LogP contribution in [0.3, 0.4) is 0 Å². The molecule has 2 rings (SSSR count). The summed E-state index contributed by atoms with van der Waals surface area (Å²) in [6, 6.07) is 11.7. The highest BCUT2D eigenvalue weighted by Gasteiger charge is 2.25. The summed E-state index contributed by atoms with van der Waals surface area (Å²) in [7, 11) is 0. The second kappa shape index (κ2) is 7.09. The van der Waals surface area contributed by atoms with Crippen LogP contribution in [0.2, 0.25) is 0 Å². The zero-order chi connectivity index (χ0) is 13.7. The molecule has 1 aromatic carbocycles. The van der Waals surface area contributed by atoms with Crippen LogP contribution in [0.1, 0.15) is 57.9 Å². The summed E-state index contributed by atoms with van der Waals surface area (Å²) >= 11 is 0. The molecule has 1 aromatic rings. The van der Waals surface area contributed by atoms with E-state index >= 15 is 0 Å². The van der Waals surface area contributed by atoms with Crippen LogP contribution in [0, 0.1) is 11.8 Å². The van der Waals surface area contributed by atoms with E-state index in [2.05, 4.69) is 56.4 Å². The average molecular weight is 259 g/mol. The number of nitrogens with one attached hydrogen (secondary N) is 1. The van der Waals surface area contributed by atoms with Gasteiger partial charge in [0.25, 0.3) is 0 Å². The Kier molecular flexibility index (Phi) is 5.45. The van der Waals surface area contributed by atoms with Crippen molar-refractivity contribution in [1.29, 1.82) is 0 Å². The van der Waals surface area contributed by atoms with Gasteiger partial charge in [-0.2, -0.15) is 0 Å². The van der Waals surface area contributed by atoms with Crippen molar-refractivity contribution in [3.05, 3.63) is 35.9 Å². The smallest absolute Gasteiger partial charge is 0.00673 e. The predicted octanol–water partition coefficient (Wildman–Crippen LogP) is 4.59. The highest BCUT2D eigenvalue weighted by molar-refractivity contribution is 5.20. The molecule has 0 bridgehead atoms. The quantitative estimate of drug-likeness (QED) is 0.719. The third kappa shape index (κ3) is 4.65. The predicted molar refractivity (Wildman–Crippen MR) is 83.4 cm³/mol. The first-order valence-corrected chi connectivity index (χ1v) is 7.99. The van der Waals surface area contributed by atoms with Gasteiger partial charge in [-0.1, -0.05) is 63.9 Å². The first-order chi connectivity index (χ1) is 9.20. The van der Waals surface area contributed by atoms with Gasteiger partial charge in [0.2, 0.25) is 0 Å². The van der Waals surface area contributed by atoms with E-state index in [1.165, 1.54) is 31.2 Å². The lowest BCUT2D eigenvalue weighted by atomic mass is 9.88. The Labute approximate surface area is 118 Å². The molecule has 0 aromatic heterocycles. The van der Waals surface area contributed by atoms with Crippen LogP contribution < -0.4 is 5.32 Å². The molecule has 1 aliphatic carbocycles. The van der Waals surface area contributed by atoms with Gasteiger partial charge in [-0.15, -0.1) is 0 Å². The molecule has 0 radical (unpaired) electrons. The molecule has 0 heterocycles. The minimum atomic E-state index is 0.634. The first-order valence-electron chi connectivity index (χ1n) is 7.99. The van der Waals surface area contributed by atoms with E-state index < -0.39 is 0 Å². The van der Waals surface area contributed by atoms with Crippen LogP contribution in [0.4, 0.5) is 0 Å². The zero-order valence-electron chi connectivity index (χ0n) is 12.7. The maximum absolute atomic E-state index is 3.82. The molecule has 0 aliphatic heterocycles. The molecule has 1 nitrogen and oxygen atoms in total. The lowest BCUT2D eigenvalue weighted by molar-refractivity contribution is 0.391. The van der Waals surface area contributed by atoms with Crippen molar-refractivity contribution >= 4 is 0 Å². The van der Waals surface area contributed by atoms with Crippen molar-refractivity contribution < 1.29 is 0 Å². The van der Waals surface area contributed by atoms with Gasteiger partial charge in [0, 0.05) is 12.6 Å². The van der Waals surface area contributed by atoms with Gasteiger partial charge in [-0.05, 0) is 36.2 Å². The number of hydrogen-bond acceptors (Lipinski definition) is 1. The van der Waals surface area contributed by atoms with Crippen molar-refractivity contribution in [3.63, 3.8) is 0 Å². The molecule has 19 heavy (non-hydrogen) atoms. The maximum Gasteiger partial charge on any atom is 0.00673 e. The van der Waals surface area contributed by atoms with Crippen molar-refractivity contribution in [1.82, 2.24) is 5.32 Å². The fraction of sp³-hybridized carbons (Fsp3) is 0.667. The van der Waals surface area contributed by atoms with Crippen LogP contribution >= 0.6 is 0 Å². The van der Waals surface area contributed by atoms with Crippen LogP contribution in [0.15, 0.2) is 30.3 Å². The largest absolute Gasteiger partial charge is 0.313 e. The third-order valence-electron chi connectivity index (χ3n) is 4.47. The van der Waals surface area contributed by atoms with Gasteiger partial charge in [-0.3, -0.25) is 0 Å². The summed E-state index contributed by atoms with van der Waals surface area (Å²) in [5.41, 5.74) is 1.48. The van der Waals surface area contributed by atoms with E-state index in [1.807, 2.05) is 0 Å². The molecule has 0 saturated heterocycles. The Bertz CT molecular complexity index is 353. The molecule has 1 aliphatic rings. The Hall–Kier alpha value is -0.820. The first kappa shape index (κ1) is 14.6. The second-order valence-corrected chi connectivity index (χ2v) is 6.45.